The minimum atomic E-state index is -1.39. The van der Waals surface area contributed by atoms with Crippen molar-refractivity contribution in [3.05, 3.63) is 95.5 Å². The Morgan fingerprint density at radius 1 is 1.00 bits per heavy atom. The first-order valence-corrected chi connectivity index (χ1v) is 12.8. The van der Waals surface area contributed by atoms with Crippen LogP contribution in [-0.4, -0.2) is 45.1 Å². The van der Waals surface area contributed by atoms with Crippen LogP contribution in [0.4, 0.5) is 0 Å². The van der Waals surface area contributed by atoms with E-state index >= 15 is 0 Å². The smallest absolute Gasteiger partial charge is 0.253 e. The third kappa shape index (κ3) is 5.67. The summed E-state index contributed by atoms with van der Waals surface area (Å²) in [6.07, 6.45) is 2.35. The van der Waals surface area contributed by atoms with Gasteiger partial charge in [0.25, 0.3) is 11.8 Å². The number of carbonyl (C=O) groups excluding carboxylic acids is 2. The van der Waals surface area contributed by atoms with Crippen LogP contribution >= 0.6 is 11.3 Å². The first-order valence-electron chi connectivity index (χ1n) is 11.9. The van der Waals surface area contributed by atoms with Crippen molar-refractivity contribution in [2.24, 2.45) is 0 Å². The Balaban J connectivity index is 1.39. The van der Waals surface area contributed by atoms with Gasteiger partial charge in [-0.25, -0.2) is 4.98 Å². The topological polar surface area (TPSA) is 104 Å². The summed E-state index contributed by atoms with van der Waals surface area (Å²) in [5.74, 6) is -0.899. The average molecular weight is 499 g/mol. The molecule has 2 atom stereocenters. The highest BCUT2D eigenvalue weighted by Gasteiger charge is 2.32. The lowest BCUT2D eigenvalue weighted by atomic mass is 9.99. The molecule has 0 bridgehead atoms. The number of aliphatic hydroxyl groups is 1. The Morgan fingerprint density at radius 3 is 2.44 bits per heavy atom. The summed E-state index contributed by atoms with van der Waals surface area (Å²) in [5.41, 5.74) is 3.26. The summed E-state index contributed by atoms with van der Waals surface area (Å²) < 4.78 is 0. The van der Waals surface area contributed by atoms with Gasteiger partial charge in [0.05, 0.1) is 11.6 Å². The molecule has 36 heavy (non-hydrogen) atoms. The van der Waals surface area contributed by atoms with E-state index in [1.54, 1.807) is 18.3 Å². The van der Waals surface area contributed by atoms with Gasteiger partial charge in [-0.1, -0.05) is 60.7 Å². The van der Waals surface area contributed by atoms with Crippen LogP contribution in [0.5, 0.6) is 0 Å². The zero-order chi connectivity index (χ0) is 24.9. The summed E-state index contributed by atoms with van der Waals surface area (Å²) >= 11 is 1.48. The molecule has 7 nitrogen and oxygen atoms in total. The lowest BCUT2D eigenvalue weighted by Crippen LogP contribution is -2.52. The van der Waals surface area contributed by atoms with Crippen LogP contribution in [-0.2, 0) is 11.2 Å². The molecule has 1 aliphatic rings. The van der Waals surface area contributed by atoms with Crippen molar-refractivity contribution in [3.63, 3.8) is 0 Å². The largest absolute Gasteiger partial charge is 0.381 e. The molecule has 8 heteroatoms. The predicted octanol–water partition coefficient (Wildman–Crippen LogP) is 3.85. The molecule has 2 aromatic carbocycles. The van der Waals surface area contributed by atoms with Crippen molar-refractivity contribution in [1.82, 2.24) is 20.6 Å². The van der Waals surface area contributed by atoms with Crippen LogP contribution in [0.1, 0.15) is 28.8 Å². The van der Waals surface area contributed by atoms with E-state index in [1.165, 1.54) is 11.3 Å². The second-order valence-corrected chi connectivity index (χ2v) is 9.66. The van der Waals surface area contributed by atoms with E-state index in [2.05, 4.69) is 15.6 Å². The number of pyridine rings is 1. The fourth-order valence-corrected chi connectivity index (χ4v) is 4.75. The second-order valence-electron chi connectivity index (χ2n) is 8.80. The lowest BCUT2D eigenvalue weighted by Gasteiger charge is -2.24. The Bertz CT molecular complexity index is 1340. The molecule has 5 rings (SSSR count). The molecule has 2 aromatic heterocycles. The van der Waals surface area contributed by atoms with Gasteiger partial charge >= 0.3 is 0 Å². The van der Waals surface area contributed by atoms with Gasteiger partial charge in [0.1, 0.15) is 16.4 Å². The number of aliphatic hydroxyl groups excluding tert-OH is 1. The standard InChI is InChI=1S/C28H26N4O3S/c33-25(27(35)30-20-13-14-20)22(16-18-8-3-1-4-9-18)31-26(34)21-12-7-15-29-24(21)23-17-36-28(32-23)19-10-5-2-6-11-19/h1-12,15,17,20,22,25,33H,13-14,16H2,(H,30,35)(H,31,34). The maximum atomic E-state index is 13.5. The minimum absolute atomic E-state index is 0.105. The normalized spacial score (nSPS) is 14.6. The number of hydrogen-bond acceptors (Lipinski definition) is 6. The number of nitrogens with zero attached hydrogens (tertiary/aromatic N) is 2. The monoisotopic (exact) mass is 498 g/mol. The van der Waals surface area contributed by atoms with Gasteiger partial charge in [0.2, 0.25) is 0 Å². The van der Waals surface area contributed by atoms with Crippen molar-refractivity contribution in [3.8, 4) is 22.0 Å². The van der Waals surface area contributed by atoms with Crippen molar-refractivity contribution in [1.29, 1.82) is 0 Å². The lowest BCUT2D eigenvalue weighted by molar-refractivity contribution is -0.130. The average Bonchev–Trinajstić information content (AvgIpc) is 3.60. The van der Waals surface area contributed by atoms with E-state index in [0.717, 1.165) is 29.0 Å². The van der Waals surface area contributed by atoms with Crippen LogP contribution < -0.4 is 10.6 Å². The Labute approximate surface area is 213 Å². The summed E-state index contributed by atoms with van der Waals surface area (Å²) in [5, 5.41) is 19.3. The third-order valence-electron chi connectivity index (χ3n) is 6.01. The summed E-state index contributed by atoms with van der Waals surface area (Å²) in [4.78, 5) is 35.2. The molecule has 0 spiro atoms. The molecule has 1 aliphatic carbocycles. The van der Waals surface area contributed by atoms with Crippen LogP contribution in [0.3, 0.4) is 0 Å². The van der Waals surface area contributed by atoms with E-state index in [-0.39, 0.29) is 6.04 Å². The first kappa shape index (κ1) is 23.8. The highest BCUT2D eigenvalue weighted by molar-refractivity contribution is 7.13. The molecule has 3 N–H and O–H groups in total. The number of hydrogen-bond donors (Lipinski definition) is 3. The van der Waals surface area contributed by atoms with E-state index < -0.39 is 24.0 Å². The van der Waals surface area contributed by atoms with E-state index in [4.69, 9.17) is 4.98 Å². The van der Waals surface area contributed by atoms with E-state index in [0.29, 0.717) is 23.4 Å². The zero-order valence-electron chi connectivity index (χ0n) is 19.5. The quantitative estimate of drug-likeness (QED) is 0.325. The third-order valence-corrected chi connectivity index (χ3v) is 6.90. The molecule has 2 unspecified atom stereocenters. The van der Waals surface area contributed by atoms with Gasteiger partial charge in [-0.2, -0.15) is 0 Å². The fourth-order valence-electron chi connectivity index (χ4n) is 3.94. The number of carbonyl (C=O) groups is 2. The number of rotatable bonds is 9. The van der Waals surface area contributed by atoms with Gasteiger partial charge in [0.15, 0.2) is 6.10 Å². The predicted molar refractivity (Wildman–Crippen MR) is 139 cm³/mol. The van der Waals surface area contributed by atoms with Gasteiger partial charge in [-0.05, 0) is 37.0 Å². The number of thiazole rings is 1. The maximum Gasteiger partial charge on any atom is 0.253 e. The fraction of sp³-hybridized carbons (Fsp3) is 0.214. The molecule has 0 radical (unpaired) electrons. The maximum absolute atomic E-state index is 13.5. The van der Waals surface area contributed by atoms with Crippen LogP contribution in [0.25, 0.3) is 22.0 Å². The molecular formula is C28H26N4O3S. The summed E-state index contributed by atoms with van der Waals surface area (Å²) in [7, 11) is 0. The van der Waals surface area contributed by atoms with E-state index in [9.17, 15) is 14.7 Å². The van der Waals surface area contributed by atoms with Gasteiger partial charge < -0.3 is 15.7 Å². The Morgan fingerprint density at radius 2 is 1.72 bits per heavy atom. The zero-order valence-corrected chi connectivity index (χ0v) is 20.3. The first-order chi connectivity index (χ1) is 17.6. The van der Waals surface area contributed by atoms with Crippen molar-refractivity contribution >= 4 is 23.2 Å². The highest BCUT2D eigenvalue weighted by Crippen LogP contribution is 2.29. The van der Waals surface area contributed by atoms with Crippen molar-refractivity contribution < 1.29 is 14.7 Å². The van der Waals surface area contributed by atoms with Gasteiger partial charge in [-0.3, -0.25) is 14.6 Å². The number of aromatic nitrogens is 2. The number of nitrogens with one attached hydrogen (secondary N) is 2. The number of amides is 2. The molecule has 0 saturated heterocycles. The molecule has 1 fully saturated rings. The van der Waals surface area contributed by atoms with Crippen LogP contribution in [0, 0.1) is 0 Å². The highest BCUT2D eigenvalue weighted by atomic mass is 32.1. The molecule has 4 aromatic rings. The van der Waals surface area contributed by atoms with Crippen molar-refractivity contribution in [2.45, 2.75) is 37.5 Å². The number of benzene rings is 2. The SMILES string of the molecule is O=C(NC(Cc1ccccc1)C(O)C(=O)NC1CC1)c1cccnc1-c1csc(-c2ccccc2)n1. The minimum Gasteiger partial charge on any atom is -0.381 e. The van der Waals surface area contributed by atoms with Gasteiger partial charge in [-0.15, -0.1) is 11.3 Å². The Hall–Kier alpha value is -3.88. The second kappa shape index (κ2) is 10.8. The molecular weight excluding hydrogens is 472 g/mol. The molecule has 0 aliphatic heterocycles. The Kier molecular flexibility index (Phi) is 7.16. The summed E-state index contributed by atoms with van der Waals surface area (Å²) in [6, 6.07) is 21.9. The van der Waals surface area contributed by atoms with Gasteiger partial charge in [0, 0.05) is 23.2 Å². The van der Waals surface area contributed by atoms with Crippen LogP contribution in [0.2, 0.25) is 0 Å². The van der Waals surface area contributed by atoms with Crippen LogP contribution in [0.15, 0.2) is 84.4 Å². The molecule has 182 valence electrons. The van der Waals surface area contributed by atoms with E-state index in [1.807, 2.05) is 66.0 Å². The molecule has 2 heterocycles. The molecule has 2 amide bonds. The molecule has 1 saturated carbocycles. The summed E-state index contributed by atoms with van der Waals surface area (Å²) in [6.45, 7) is 0. The van der Waals surface area contributed by atoms with Crippen molar-refractivity contribution in [2.75, 3.05) is 0 Å².